The van der Waals surface area contributed by atoms with Crippen LogP contribution in [0.3, 0.4) is 0 Å². The molecular formula is C9H9ClO3. The zero-order valence-electron chi connectivity index (χ0n) is 7.13. The summed E-state index contributed by atoms with van der Waals surface area (Å²) in [7, 11) is 0. The van der Waals surface area contributed by atoms with Crippen molar-refractivity contribution in [2.45, 2.75) is 6.92 Å². The highest BCUT2D eigenvalue weighted by atomic mass is 35.5. The number of alkyl halides is 1. The molecule has 0 unspecified atom stereocenters. The van der Waals surface area contributed by atoms with Crippen LogP contribution in [-0.4, -0.2) is 29.2 Å². The molecule has 0 spiro atoms. The molecule has 1 aliphatic carbocycles. The highest BCUT2D eigenvalue weighted by Gasteiger charge is 2.24. The summed E-state index contributed by atoms with van der Waals surface area (Å²) < 4.78 is 0. The molecule has 1 rings (SSSR count). The molecule has 1 aliphatic rings. The van der Waals surface area contributed by atoms with Gasteiger partial charge in [-0.15, -0.1) is 11.6 Å². The molecule has 0 amide bonds. The first-order chi connectivity index (χ1) is 6.11. The fourth-order valence-electron chi connectivity index (χ4n) is 1.13. The van der Waals surface area contributed by atoms with Crippen LogP contribution in [0.5, 0.6) is 0 Å². The number of halogens is 1. The Morgan fingerprint density at radius 2 is 2.08 bits per heavy atom. The van der Waals surface area contributed by atoms with Crippen molar-refractivity contribution in [3.8, 4) is 0 Å². The number of Topliss-reactive ketones (excluding diaryl/α,β-unsaturated/α-hetero) is 1. The molecule has 0 radical (unpaired) electrons. The Kier molecular flexibility index (Phi) is 3.01. The van der Waals surface area contributed by atoms with Crippen molar-refractivity contribution in [1.29, 1.82) is 0 Å². The van der Waals surface area contributed by atoms with E-state index < -0.39 is 6.61 Å². The van der Waals surface area contributed by atoms with E-state index in [0.29, 0.717) is 5.57 Å². The molecule has 1 N–H and O–H groups in total. The first kappa shape index (κ1) is 10.2. The Labute approximate surface area is 80.7 Å². The van der Waals surface area contributed by atoms with Gasteiger partial charge in [0.05, 0.1) is 12.5 Å². The maximum Gasteiger partial charge on any atom is 0.189 e. The highest BCUT2D eigenvalue weighted by molar-refractivity contribution is 6.29. The Bertz CT molecular complexity index is 326. The van der Waals surface area contributed by atoms with Gasteiger partial charge in [-0.25, -0.2) is 0 Å². The summed E-state index contributed by atoms with van der Waals surface area (Å²) in [6.45, 7) is 1.11. The fourth-order valence-corrected chi connectivity index (χ4v) is 1.33. The van der Waals surface area contributed by atoms with Crippen molar-refractivity contribution in [2.24, 2.45) is 0 Å². The molecule has 13 heavy (non-hydrogen) atoms. The summed E-state index contributed by atoms with van der Waals surface area (Å²) in [5, 5.41) is 8.86. The third-order valence-corrected chi connectivity index (χ3v) is 2.28. The van der Waals surface area contributed by atoms with Gasteiger partial charge in [-0.05, 0) is 13.0 Å². The zero-order chi connectivity index (χ0) is 10.0. The van der Waals surface area contributed by atoms with Gasteiger partial charge in [-0.1, -0.05) is 0 Å². The predicted molar refractivity (Wildman–Crippen MR) is 48.6 cm³/mol. The van der Waals surface area contributed by atoms with Crippen molar-refractivity contribution >= 4 is 23.2 Å². The molecule has 0 aromatic rings. The quantitative estimate of drug-likeness (QED) is 0.525. The second-order valence-electron chi connectivity index (χ2n) is 2.76. The second kappa shape index (κ2) is 3.85. The average molecular weight is 201 g/mol. The number of hydrogen-bond donors (Lipinski definition) is 1. The van der Waals surface area contributed by atoms with Crippen LogP contribution in [0.25, 0.3) is 0 Å². The highest BCUT2D eigenvalue weighted by Crippen LogP contribution is 2.19. The number of rotatable bonds is 2. The van der Waals surface area contributed by atoms with E-state index in [9.17, 15) is 9.59 Å². The van der Waals surface area contributed by atoms with Crippen LogP contribution in [0, 0.1) is 0 Å². The molecule has 0 saturated carbocycles. The lowest BCUT2D eigenvalue weighted by Gasteiger charge is -2.13. The smallest absolute Gasteiger partial charge is 0.189 e. The summed E-state index contributed by atoms with van der Waals surface area (Å²) in [5.41, 5.74) is 0.714. The van der Waals surface area contributed by atoms with Gasteiger partial charge >= 0.3 is 0 Å². The minimum Gasteiger partial charge on any atom is -0.392 e. The molecule has 0 heterocycles. The van der Waals surface area contributed by atoms with Crippen molar-refractivity contribution in [2.75, 3.05) is 12.5 Å². The molecular weight excluding hydrogens is 192 g/mol. The predicted octanol–water partition coefficient (Wildman–Crippen LogP) is 0.612. The van der Waals surface area contributed by atoms with Gasteiger partial charge in [0.15, 0.2) is 11.6 Å². The third kappa shape index (κ3) is 1.71. The molecule has 4 heteroatoms. The lowest BCUT2D eigenvalue weighted by Crippen LogP contribution is -2.21. The molecule has 0 bridgehead atoms. The molecule has 0 aromatic carbocycles. The van der Waals surface area contributed by atoms with E-state index in [1.54, 1.807) is 0 Å². The Hall–Kier alpha value is -0.930. The first-order valence-corrected chi connectivity index (χ1v) is 4.31. The van der Waals surface area contributed by atoms with E-state index in [-0.39, 0.29) is 28.6 Å². The number of allylic oxidation sites excluding steroid dienone is 3. The molecule has 3 nitrogen and oxygen atoms in total. The van der Waals surface area contributed by atoms with E-state index in [2.05, 4.69) is 0 Å². The fraction of sp³-hybridized carbons (Fsp3) is 0.333. The Morgan fingerprint density at radius 1 is 1.46 bits per heavy atom. The minimum atomic E-state index is -0.412. The van der Waals surface area contributed by atoms with Crippen molar-refractivity contribution in [3.63, 3.8) is 0 Å². The number of aliphatic hydroxyl groups is 1. The molecule has 0 aliphatic heterocycles. The number of aliphatic hydroxyl groups excluding tert-OH is 1. The van der Waals surface area contributed by atoms with Gasteiger partial charge in [-0.3, -0.25) is 9.59 Å². The largest absolute Gasteiger partial charge is 0.392 e. The summed E-state index contributed by atoms with van der Waals surface area (Å²) in [6.07, 6.45) is 1.23. The Balaban J connectivity index is 3.14. The van der Waals surface area contributed by atoms with Crippen LogP contribution in [0.4, 0.5) is 0 Å². The van der Waals surface area contributed by atoms with Gasteiger partial charge in [0.25, 0.3) is 0 Å². The SMILES string of the molecule is CC1=C(CO)C(=O)C(CCl)=CC1=O. The topological polar surface area (TPSA) is 54.4 Å². The van der Waals surface area contributed by atoms with Crippen LogP contribution < -0.4 is 0 Å². The van der Waals surface area contributed by atoms with Gasteiger partial charge in [0.1, 0.15) is 0 Å². The Morgan fingerprint density at radius 3 is 2.54 bits per heavy atom. The number of ketones is 2. The molecule has 0 atom stereocenters. The van der Waals surface area contributed by atoms with Gasteiger partial charge < -0.3 is 5.11 Å². The van der Waals surface area contributed by atoms with E-state index >= 15 is 0 Å². The van der Waals surface area contributed by atoms with Crippen LogP contribution >= 0.6 is 11.6 Å². The van der Waals surface area contributed by atoms with Gasteiger partial charge in [-0.2, -0.15) is 0 Å². The zero-order valence-corrected chi connectivity index (χ0v) is 7.89. The average Bonchev–Trinajstić information content (AvgIpc) is 2.12. The number of carbonyl (C=O) groups excluding carboxylic acids is 2. The minimum absolute atomic E-state index is 0.00134. The lowest BCUT2D eigenvalue weighted by molar-refractivity contribution is -0.116. The van der Waals surface area contributed by atoms with E-state index in [1.807, 2.05) is 0 Å². The van der Waals surface area contributed by atoms with E-state index in [4.69, 9.17) is 16.7 Å². The standard InChI is InChI=1S/C9H9ClO3/c1-5-7(4-11)9(13)6(3-10)2-8(5)12/h2,11H,3-4H2,1H3. The van der Waals surface area contributed by atoms with Crippen LogP contribution in [0.1, 0.15) is 6.92 Å². The van der Waals surface area contributed by atoms with Crippen LogP contribution in [0.2, 0.25) is 0 Å². The van der Waals surface area contributed by atoms with Gasteiger partial charge in [0, 0.05) is 16.7 Å². The number of carbonyl (C=O) groups is 2. The third-order valence-electron chi connectivity index (χ3n) is 2.00. The normalized spacial score (nSPS) is 17.9. The maximum absolute atomic E-state index is 11.4. The lowest BCUT2D eigenvalue weighted by atomic mass is 9.91. The summed E-state index contributed by atoms with van der Waals surface area (Å²) in [4.78, 5) is 22.6. The van der Waals surface area contributed by atoms with E-state index in [1.165, 1.54) is 13.0 Å². The van der Waals surface area contributed by atoms with Crippen LogP contribution in [-0.2, 0) is 9.59 Å². The maximum atomic E-state index is 11.4. The van der Waals surface area contributed by atoms with Crippen LogP contribution in [0.15, 0.2) is 22.8 Å². The first-order valence-electron chi connectivity index (χ1n) is 3.78. The van der Waals surface area contributed by atoms with Crippen molar-refractivity contribution in [3.05, 3.63) is 22.8 Å². The molecule has 0 aromatic heterocycles. The molecule has 0 saturated heterocycles. The second-order valence-corrected chi connectivity index (χ2v) is 3.03. The molecule has 70 valence electrons. The van der Waals surface area contributed by atoms with E-state index in [0.717, 1.165) is 0 Å². The summed E-state index contributed by atoms with van der Waals surface area (Å²) in [6, 6.07) is 0. The number of hydrogen-bond acceptors (Lipinski definition) is 3. The molecule has 0 fully saturated rings. The monoisotopic (exact) mass is 200 g/mol. The summed E-state index contributed by atoms with van der Waals surface area (Å²) >= 11 is 5.46. The van der Waals surface area contributed by atoms with Crippen molar-refractivity contribution in [1.82, 2.24) is 0 Å². The van der Waals surface area contributed by atoms with Gasteiger partial charge in [0.2, 0.25) is 0 Å². The summed E-state index contributed by atoms with van der Waals surface area (Å²) in [5.74, 6) is -0.574. The van der Waals surface area contributed by atoms with Crippen molar-refractivity contribution < 1.29 is 14.7 Å².